The summed E-state index contributed by atoms with van der Waals surface area (Å²) < 4.78 is 20.2. The van der Waals surface area contributed by atoms with Crippen LogP contribution in [0, 0.1) is 5.82 Å². The van der Waals surface area contributed by atoms with Crippen LogP contribution in [0.2, 0.25) is 0 Å². The second kappa shape index (κ2) is 8.58. The van der Waals surface area contributed by atoms with E-state index in [-0.39, 0.29) is 12.0 Å². The lowest BCUT2D eigenvalue weighted by atomic mass is 10.0. The first-order chi connectivity index (χ1) is 16.1. The Balaban J connectivity index is 1.49. The third-order valence-corrected chi connectivity index (χ3v) is 5.34. The standard InChI is InChI=1S/C25H20FN5O2/c1-33-20-13-9-17(10-14-20)22-15-21(16-5-3-2-4-6-16)27-25-29-24(30-31(22)25)28-23(32)18-7-11-19(26)12-8-18/h2-15,22H,1H3,(H2,27,28,29,30,32)/t22-/m1/s1. The number of anilines is 2. The maximum atomic E-state index is 13.2. The highest BCUT2D eigenvalue weighted by Gasteiger charge is 2.26. The summed E-state index contributed by atoms with van der Waals surface area (Å²) in [5.74, 6) is 0.564. The van der Waals surface area contributed by atoms with Gasteiger partial charge >= 0.3 is 0 Å². The molecule has 1 amide bonds. The maximum Gasteiger partial charge on any atom is 0.258 e. The van der Waals surface area contributed by atoms with E-state index in [0.29, 0.717) is 11.5 Å². The molecule has 0 saturated heterocycles. The van der Waals surface area contributed by atoms with Crippen molar-refractivity contribution in [2.24, 2.45) is 0 Å². The maximum absolute atomic E-state index is 13.2. The van der Waals surface area contributed by atoms with Crippen molar-refractivity contribution in [2.45, 2.75) is 6.04 Å². The van der Waals surface area contributed by atoms with Gasteiger partial charge in [0.15, 0.2) is 0 Å². The predicted octanol–water partition coefficient (Wildman–Crippen LogP) is 4.73. The molecule has 33 heavy (non-hydrogen) atoms. The third-order valence-electron chi connectivity index (χ3n) is 5.34. The summed E-state index contributed by atoms with van der Waals surface area (Å²) in [5, 5.41) is 10.5. The van der Waals surface area contributed by atoms with Crippen LogP contribution in [0.5, 0.6) is 5.75 Å². The van der Waals surface area contributed by atoms with Crippen molar-refractivity contribution < 1.29 is 13.9 Å². The van der Waals surface area contributed by atoms with Gasteiger partial charge in [0.25, 0.3) is 11.9 Å². The third kappa shape index (κ3) is 4.18. The highest BCUT2D eigenvalue weighted by atomic mass is 19.1. The number of aromatic nitrogens is 3. The number of amides is 1. The molecule has 0 aliphatic carbocycles. The summed E-state index contributed by atoms with van der Waals surface area (Å²) in [6, 6.07) is 22.7. The van der Waals surface area contributed by atoms with E-state index in [1.807, 2.05) is 54.6 Å². The molecule has 0 fully saturated rings. The van der Waals surface area contributed by atoms with E-state index < -0.39 is 11.7 Å². The minimum absolute atomic E-state index is 0.146. The topological polar surface area (TPSA) is 81.1 Å². The van der Waals surface area contributed by atoms with E-state index in [1.165, 1.54) is 24.3 Å². The minimum atomic E-state index is -0.421. The van der Waals surface area contributed by atoms with Gasteiger partial charge in [-0.2, -0.15) is 4.98 Å². The Kier molecular flexibility index (Phi) is 5.32. The number of halogens is 1. The second-order valence-electron chi connectivity index (χ2n) is 7.45. The normalized spacial score (nSPS) is 14.6. The van der Waals surface area contributed by atoms with Gasteiger partial charge in [-0.25, -0.2) is 9.07 Å². The molecule has 0 unspecified atom stereocenters. The molecular weight excluding hydrogens is 421 g/mol. The first-order valence-corrected chi connectivity index (χ1v) is 10.3. The van der Waals surface area contributed by atoms with Crippen LogP contribution < -0.4 is 15.4 Å². The number of allylic oxidation sites excluding steroid dienone is 1. The van der Waals surface area contributed by atoms with Crippen molar-refractivity contribution in [3.8, 4) is 5.75 Å². The average molecular weight is 441 g/mol. The zero-order valence-electron chi connectivity index (χ0n) is 17.7. The molecule has 1 aliphatic heterocycles. The lowest BCUT2D eigenvalue weighted by molar-refractivity contribution is 0.102. The summed E-state index contributed by atoms with van der Waals surface area (Å²) in [4.78, 5) is 17.1. The molecule has 0 bridgehead atoms. The first kappa shape index (κ1) is 20.4. The van der Waals surface area contributed by atoms with E-state index in [2.05, 4.69) is 26.8 Å². The van der Waals surface area contributed by atoms with Gasteiger partial charge in [0.05, 0.1) is 7.11 Å². The molecule has 8 heteroatoms. The van der Waals surface area contributed by atoms with Gasteiger partial charge in [0.2, 0.25) is 5.95 Å². The molecule has 0 radical (unpaired) electrons. The van der Waals surface area contributed by atoms with Crippen LogP contribution in [0.4, 0.5) is 16.3 Å². The molecule has 7 nitrogen and oxygen atoms in total. The second-order valence-corrected chi connectivity index (χ2v) is 7.45. The number of ether oxygens (including phenoxy) is 1. The Hall–Kier alpha value is -4.46. The van der Waals surface area contributed by atoms with Gasteiger partial charge in [0.1, 0.15) is 17.6 Å². The smallest absolute Gasteiger partial charge is 0.258 e. The van der Waals surface area contributed by atoms with E-state index >= 15 is 0 Å². The zero-order valence-corrected chi connectivity index (χ0v) is 17.7. The Bertz CT molecular complexity index is 1320. The Labute approximate surface area is 189 Å². The molecule has 3 aromatic carbocycles. The van der Waals surface area contributed by atoms with Gasteiger partial charge in [-0.15, -0.1) is 5.10 Å². The first-order valence-electron chi connectivity index (χ1n) is 10.3. The van der Waals surface area contributed by atoms with Crippen LogP contribution in [0.3, 0.4) is 0 Å². The summed E-state index contributed by atoms with van der Waals surface area (Å²) in [6.45, 7) is 0. The van der Waals surface area contributed by atoms with E-state index in [1.54, 1.807) is 11.8 Å². The zero-order chi connectivity index (χ0) is 22.8. The summed E-state index contributed by atoms with van der Waals surface area (Å²) in [6.07, 6.45) is 2.06. The van der Waals surface area contributed by atoms with Crippen molar-refractivity contribution in [3.05, 3.63) is 107 Å². The summed E-state index contributed by atoms with van der Waals surface area (Å²) in [7, 11) is 1.62. The number of nitrogens with zero attached hydrogens (tertiary/aromatic N) is 3. The van der Waals surface area contributed by atoms with Gasteiger partial charge in [-0.1, -0.05) is 42.5 Å². The van der Waals surface area contributed by atoms with Crippen molar-refractivity contribution in [1.82, 2.24) is 14.8 Å². The molecule has 0 saturated carbocycles. The Morgan fingerprint density at radius 3 is 2.45 bits per heavy atom. The minimum Gasteiger partial charge on any atom is -0.497 e. The largest absolute Gasteiger partial charge is 0.497 e. The molecule has 0 spiro atoms. The summed E-state index contributed by atoms with van der Waals surface area (Å²) >= 11 is 0. The Morgan fingerprint density at radius 2 is 1.76 bits per heavy atom. The highest BCUT2D eigenvalue weighted by Crippen LogP contribution is 2.33. The summed E-state index contributed by atoms with van der Waals surface area (Å²) in [5.41, 5.74) is 3.18. The quantitative estimate of drug-likeness (QED) is 0.468. The number of carbonyl (C=O) groups is 1. The fourth-order valence-corrected chi connectivity index (χ4v) is 3.65. The molecule has 5 rings (SSSR count). The monoisotopic (exact) mass is 441 g/mol. The number of fused-ring (bicyclic) bond motifs is 1. The van der Waals surface area contributed by atoms with Gasteiger partial charge < -0.3 is 10.1 Å². The van der Waals surface area contributed by atoms with Crippen LogP contribution in [0.1, 0.15) is 27.5 Å². The molecule has 164 valence electrons. The predicted molar refractivity (Wildman–Crippen MR) is 124 cm³/mol. The van der Waals surface area contributed by atoms with E-state index in [0.717, 1.165) is 22.6 Å². The van der Waals surface area contributed by atoms with Crippen LogP contribution >= 0.6 is 0 Å². The highest BCUT2D eigenvalue weighted by molar-refractivity contribution is 6.03. The van der Waals surface area contributed by atoms with Crippen molar-refractivity contribution in [2.75, 3.05) is 17.7 Å². The van der Waals surface area contributed by atoms with Crippen LogP contribution in [-0.2, 0) is 0 Å². The molecule has 2 N–H and O–H groups in total. The van der Waals surface area contributed by atoms with E-state index in [9.17, 15) is 9.18 Å². The van der Waals surface area contributed by atoms with Crippen LogP contribution in [0.25, 0.3) is 5.70 Å². The molecule has 1 aromatic heterocycles. The van der Waals surface area contributed by atoms with Crippen LogP contribution in [0.15, 0.2) is 84.9 Å². The number of benzene rings is 3. The lowest BCUT2D eigenvalue weighted by Crippen LogP contribution is -2.20. The number of methoxy groups -OCH3 is 1. The molecule has 1 aliphatic rings. The average Bonchev–Trinajstić information content (AvgIpc) is 3.26. The van der Waals surface area contributed by atoms with Gasteiger partial charge in [0, 0.05) is 11.3 Å². The van der Waals surface area contributed by atoms with Gasteiger partial charge in [-0.3, -0.25) is 10.1 Å². The Morgan fingerprint density at radius 1 is 1.03 bits per heavy atom. The van der Waals surface area contributed by atoms with Crippen molar-refractivity contribution in [3.63, 3.8) is 0 Å². The fraction of sp³-hybridized carbons (Fsp3) is 0.0800. The number of hydrogen-bond donors (Lipinski definition) is 2. The van der Waals surface area contributed by atoms with Gasteiger partial charge in [-0.05, 0) is 53.6 Å². The fourth-order valence-electron chi connectivity index (χ4n) is 3.65. The van der Waals surface area contributed by atoms with Crippen LogP contribution in [-0.4, -0.2) is 27.8 Å². The molecular formula is C25H20FN5O2. The SMILES string of the molecule is COc1ccc([C@H]2C=C(c3ccccc3)Nc3nc(NC(=O)c4ccc(F)cc4)nn32)cc1. The van der Waals surface area contributed by atoms with Crippen molar-refractivity contribution >= 4 is 23.5 Å². The molecule has 4 aromatic rings. The molecule has 1 atom stereocenters. The lowest BCUT2D eigenvalue weighted by Gasteiger charge is -2.24. The number of rotatable bonds is 5. The number of nitrogens with one attached hydrogen (secondary N) is 2. The number of hydrogen-bond acceptors (Lipinski definition) is 5. The number of carbonyl (C=O) groups excluding carboxylic acids is 1. The molecule has 2 heterocycles. The van der Waals surface area contributed by atoms with E-state index in [4.69, 9.17) is 4.74 Å². The van der Waals surface area contributed by atoms with Crippen molar-refractivity contribution in [1.29, 1.82) is 0 Å².